The van der Waals surface area contributed by atoms with E-state index in [0.717, 1.165) is 22.9 Å². The average molecular weight is 510 g/mol. The van der Waals surface area contributed by atoms with E-state index >= 15 is 0 Å². The number of carbonyl (C=O) groups excluding carboxylic acids is 2. The monoisotopic (exact) mass is 508 g/mol. The first-order chi connectivity index (χ1) is 14.7. The Labute approximate surface area is 198 Å². The van der Waals surface area contributed by atoms with Crippen LogP contribution in [0.2, 0.25) is 5.02 Å². The largest absolute Gasteiger partial charge is 0.483 e. The molecule has 7 heteroatoms. The number of carbonyl (C=O) groups is 2. The molecule has 0 fully saturated rings. The van der Waals surface area contributed by atoms with Gasteiger partial charge >= 0.3 is 0 Å². The van der Waals surface area contributed by atoms with Gasteiger partial charge in [0.1, 0.15) is 11.8 Å². The van der Waals surface area contributed by atoms with E-state index in [1.807, 2.05) is 44.2 Å². The van der Waals surface area contributed by atoms with Crippen molar-refractivity contribution in [2.75, 3.05) is 6.61 Å². The molecule has 0 saturated carbocycles. The summed E-state index contributed by atoms with van der Waals surface area (Å²) in [5.74, 6) is 0.132. The molecule has 31 heavy (non-hydrogen) atoms. The van der Waals surface area contributed by atoms with Gasteiger partial charge in [0.2, 0.25) is 5.91 Å². The summed E-state index contributed by atoms with van der Waals surface area (Å²) in [7, 11) is 0. The standard InChI is InChI=1S/C24H30BrClN2O3/c1-5-16(3)27-24(30)17(4)28(14-19-7-10-20(26)11-8-19)23(29)15-31-22-12-9-18(6-2)13-21(22)25/h7-13,16-17H,5-6,14-15H2,1-4H3,(H,27,30)/t16-,17-/m0/s1. The minimum Gasteiger partial charge on any atom is -0.483 e. The van der Waals surface area contributed by atoms with Gasteiger partial charge in [-0.15, -0.1) is 0 Å². The zero-order valence-corrected chi connectivity index (χ0v) is 20.8. The van der Waals surface area contributed by atoms with Gasteiger partial charge in [0.25, 0.3) is 5.91 Å². The molecule has 2 rings (SSSR count). The fourth-order valence-electron chi connectivity index (χ4n) is 2.94. The molecule has 0 saturated heterocycles. The van der Waals surface area contributed by atoms with E-state index in [4.69, 9.17) is 16.3 Å². The second-order valence-electron chi connectivity index (χ2n) is 7.55. The highest BCUT2D eigenvalue weighted by Crippen LogP contribution is 2.26. The molecule has 0 aliphatic rings. The zero-order valence-electron chi connectivity index (χ0n) is 18.5. The smallest absolute Gasteiger partial charge is 0.261 e. The van der Waals surface area contributed by atoms with Crippen LogP contribution in [0.15, 0.2) is 46.9 Å². The van der Waals surface area contributed by atoms with Crippen molar-refractivity contribution in [3.63, 3.8) is 0 Å². The Morgan fingerprint density at radius 1 is 1.10 bits per heavy atom. The summed E-state index contributed by atoms with van der Waals surface area (Å²) in [6, 6.07) is 12.4. The molecule has 2 atom stereocenters. The normalized spacial score (nSPS) is 12.7. The highest BCUT2D eigenvalue weighted by atomic mass is 79.9. The summed E-state index contributed by atoms with van der Waals surface area (Å²) in [6.07, 6.45) is 1.73. The Kier molecular flexibility index (Phi) is 9.85. The second-order valence-corrected chi connectivity index (χ2v) is 8.84. The summed E-state index contributed by atoms with van der Waals surface area (Å²) >= 11 is 9.48. The van der Waals surface area contributed by atoms with Gasteiger partial charge in [-0.05, 0) is 78.0 Å². The van der Waals surface area contributed by atoms with Crippen molar-refractivity contribution < 1.29 is 14.3 Å². The molecule has 5 nitrogen and oxygen atoms in total. The molecule has 2 aromatic rings. The van der Waals surface area contributed by atoms with Crippen LogP contribution in [0.4, 0.5) is 0 Å². The van der Waals surface area contributed by atoms with E-state index in [9.17, 15) is 9.59 Å². The molecule has 1 N–H and O–H groups in total. The molecule has 0 bridgehead atoms. The topological polar surface area (TPSA) is 58.6 Å². The van der Waals surface area contributed by atoms with Crippen LogP contribution in [0.3, 0.4) is 0 Å². The fraction of sp³-hybridized carbons (Fsp3) is 0.417. The van der Waals surface area contributed by atoms with Crippen molar-refractivity contribution in [1.82, 2.24) is 10.2 Å². The lowest BCUT2D eigenvalue weighted by Crippen LogP contribution is -2.50. The van der Waals surface area contributed by atoms with Crippen molar-refractivity contribution in [3.8, 4) is 5.75 Å². The number of nitrogens with zero attached hydrogens (tertiary/aromatic N) is 1. The number of aryl methyl sites for hydroxylation is 1. The summed E-state index contributed by atoms with van der Waals surface area (Å²) in [4.78, 5) is 27.4. The van der Waals surface area contributed by atoms with Crippen molar-refractivity contribution in [1.29, 1.82) is 0 Å². The van der Waals surface area contributed by atoms with Gasteiger partial charge < -0.3 is 15.0 Å². The summed E-state index contributed by atoms with van der Waals surface area (Å²) in [5.41, 5.74) is 2.06. The third-order valence-corrected chi connectivity index (χ3v) is 6.06. The molecular formula is C24H30BrClN2O3. The Morgan fingerprint density at radius 3 is 2.32 bits per heavy atom. The lowest BCUT2D eigenvalue weighted by Gasteiger charge is -2.29. The number of ether oxygens (including phenoxy) is 1. The van der Waals surface area contributed by atoms with Crippen molar-refractivity contribution in [3.05, 3.63) is 63.1 Å². The third kappa shape index (κ3) is 7.54. The zero-order chi connectivity index (χ0) is 23.0. The maximum absolute atomic E-state index is 13.1. The highest BCUT2D eigenvalue weighted by Gasteiger charge is 2.27. The Bertz CT molecular complexity index is 889. The molecule has 0 aromatic heterocycles. The van der Waals surface area contributed by atoms with E-state index in [-0.39, 0.29) is 31.0 Å². The van der Waals surface area contributed by atoms with Gasteiger partial charge in [-0.3, -0.25) is 9.59 Å². The van der Waals surface area contributed by atoms with Crippen LogP contribution in [0.5, 0.6) is 5.75 Å². The number of halogens is 2. The maximum atomic E-state index is 13.1. The first-order valence-electron chi connectivity index (χ1n) is 10.5. The Morgan fingerprint density at radius 2 is 1.74 bits per heavy atom. The number of rotatable bonds is 10. The van der Waals surface area contributed by atoms with Crippen LogP contribution < -0.4 is 10.1 Å². The first kappa shape index (κ1) is 25.2. The van der Waals surface area contributed by atoms with E-state index in [1.165, 1.54) is 10.5 Å². The number of benzene rings is 2. The number of nitrogens with one attached hydrogen (secondary N) is 1. The lowest BCUT2D eigenvalue weighted by molar-refractivity contribution is -0.142. The predicted molar refractivity (Wildman–Crippen MR) is 128 cm³/mol. The third-order valence-electron chi connectivity index (χ3n) is 5.19. The van der Waals surface area contributed by atoms with Crippen LogP contribution in [0.1, 0.15) is 45.2 Å². The van der Waals surface area contributed by atoms with Gasteiger partial charge in [0.15, 0.2) is 6.61 Å². The van der Waals surface area contributed by atoms with Crippen LogP contribution >= 0.6 is 27.5 Å². The molecule has 168 valence electrons. The number of amides is 2. The minimum absolute atomic E-state index is 0.0340. The first-order valence-corrected chi connectivity index (χ1v) is 11.7. The summed E-state index contributed by atoms with van der Waals surface area (Å²) in [5, 5.41) is 3.57. The van der Waals surface area contributed by atoms with E-state index in [0.29, 0.717) is 10.8 Å². The molecule has 0 unspecified atom stereocenters. The van der Waals surface area contributed by atoms with Gasteiger partial charge in [-0.25, -0.2) is 0 Å². The van der Waals surface area contributed by atoms with E-state index < -0.39 is 6.04 Å². The highest BCUT2D eigenvalue weighted by molar-refractivity contribution is 9.10. The van der Waals surface area contributed by atoms with Gasteiger partial charge in [0, 0.05) is 17.6 Å². The molecule has 0 radical (unpaired) electrons. The molecule has 0 heterocycles. The maximum Gasteiger partial charge on any atom is 0.261 e. The molecule has 2 amide bonds. The van der Waals surface area contributed by atoms with Crippen molar-refractivity contribution in [2.45, 2.75) is 59.2 Å². The van der Waals surface area contributed by atoms with Crippen molar-refractivity contribution in [2.24, 2.45) is 0 Å². The Hall–Kier alpha value is -2.05. The summed E-state index contributed by atoms with van der Waals surface area (Å²) < 4.78 is 6.57. The quantitative estimate of drug-likeness (QED) is 0.468. The predicted octanol–water partition coefficient (Wildman–Crippen LogP) is 5.38. The molecule has 2 aromatic carbocycles. The molecule has 0 spiro atoms. The molecule has 0 aliphatic heterocycles. The molecular weight excluding hydrogens is 480 g/mol. The van der Waals surface area contributed by atoms with E-state index in [2.05, 4.69) is 28.2 Å². The lowest BCUT2D eigenvalue weighted by atomic mass is 10.1. The SMILES string of the molecule is CCc1ccc(OCC(=O)N(Cc2ccc(Cl)cc2)[C@@H](C)C(=O)N[C@@H](C)CC)c(Br)c1. The van der Waals surface area contributed by atoms with Crippen molar-refractivity contribution >= 4 is 39.3 Å². The number of hydrogen-bond donors (Lipinski definition) is 1. The van der Waals surface area contributed by atoms with Gasteiger partial charge in [-0.1, -0.05) is 43.6 Å². The van der Waals surface area contributed by atoms with E-state index in [1.54, 1.807) is 19.1 Å². The Balaban J connectivity index is 2.16. The van der Waals surface area contributed by atoms with Crippen LogP contribution in [0, 0.1) is 0 Å². The summed E-state index contributed by atoms with van der Waals surface area (Å²) in [6.45, 7) is 7.87. The van der Waals surface area contributed by atoms with Gasteiger partial charge in [-0.2, -0.15) is 0 Å². The minimum atomic E-state index is -0.647. The van der Waals surface area contributed by atoms with Crippen LogP contribution in [0.25, 0.3) is 0 Å². The van der Waals surface area contributed by atoms with Crippen LogP contribution in [-0.4, -0.2) is 35.4 Å². The molecule has 0 aliphatic carbocycles. The van der Waals surface area contributed by atoms with Gasteiger partial charge in [0.05, 0.1) is 4.47 Å². The fourth-order valence-corrected chi connectivity index (χ4v) is 3.61. The average Bonchev–Trinajstić information content (AvgIpc) is 2.76. The second kappa shape index (κ2) is 12.1. The van der Waals surface area contributed by atoms with Crippen LogP contribution in [-0.2, 0) is 22.6 Å². The number of hydrogen-bond acceptors (Lipinski definition) is 3.